The average Bonchev–Trinajstić information content (AvgIpc) is 3.34. The molecule has 136 valence electrons. The molecule has 3 rings (SSSR count). The van der Waals surface area contributed by atoms with Crippen LogP contribution in [0.3, 0.4) is 0 Å². The van der Waals surface area contributed by atoms with Crippen LogP contribution in [-0.4, -0.2) is 18.1 Å². The number of benzene rings is 1. The van der Waals surface area contributed by atoms with Gasteiger partial charge >= 0.3 is 5.97 Å². The molecule has 0 aliphatic rings. The fraction of sp³-hybridized carbons (Fsp3) is 0.190. The van der Waals surface area contributed by atoms with Gasteiger partial charge in [0.15, 0.2) is 0 Å². The number of hydrogen-bond donors (Lipinski definition) is 1. The number of methoxy groups -OCH3 is 1. The molecule has 0 bridgehead atoms. The minimum absolute atomic E-state index is 0.389. The number of rotatable bonds is 5. The van der Waals surface area contributed by atoms with E-state index < -0.39 is 0 Å². The first-order chi connectivity index (χ1) is 12.6. The highest BCUT2D eigenvalue weighted by molar-refractivity contribution is 7.08. The van der Waals surface area contributed by atoms with Gasteiger partial charge in [0, 0.05) is 17.6 Å². The summed E-state index contributed by atoms with van der Waals surface area (Å²) in [6.07, 6.45) is 1.74. The largest absolute Gasteiger partial charge is 0.464 e. The van der Waals surface area contributed by atoms with E-state index in [4.69, 9.17) is 4.74 Å². The predicted molar refractivity (Wildman–Crippen MR) is 110 cm³/mol. The van der Waals surface area contributed by atoms with E-state index in [2.05, 4.69) is 40.5 Å². The van der Waals surface area contributed by atoms with Gasteiger partial charge < -0.3 is 14.6 Å². The van der Waals surface area contributed by atoms with Crippen molar-refractivity contribution in [2.24, 2.45) is 0 Å². The van der Waals surface area contributed by atoms with E-state index in [1.165, 1.54) is 12.7 Å². The first kappa shape index (κ1) is 19.5. The topological polar surface area (TPSA) is 45.3 Å². The molecular weight excluding hydrogens is 344 g/mol. The van der Waals surface area contributed by atoms with Crippen molar-refractivity contribution in [1.29, 1.82) is 0 Å². The molecule has 0 saturated heterocycles. The first-order valence-corrected chi connectivity index (χ1v) is 9.40. The maximum absolute atomic E-state index is 11.7. The van der Waals surface area contributed by atoms with Crippen LogP contribution in [0.1, 0.15) is 30.0 Å². The summed E-state index contributed by atoms with van der Waals surface area (Å²) in [4.78, 5) is 16.8. The van der Waals surface area contributed by atoms with Crippen molar-refractivity contribution in [2.75, 3.05) is 12.0 Å². The zero-order valence-corrected chi connectivity index (χ0v) is 16.4. The maximum Gasteiger partial charge on any atom is 0.354 e. The monoisotopic (exact) mass is 368 g/mol. The Balaban J connectivity index is 0.00000117. The highest BCUT2D eigenvalue weighted by Crippen LogP contribution is 2.33. The van der Waals surface area contributed by atoms with Crippen LogP contribution in [0.15, 0.2) is 59.9 Å². The zero-order chi connectivity index (χ0) is 19.1. The number of aromatic amines is 1. The Morgan fingerprint density at radius 2 is 2.00 bits per heavy atom. The normalized spacial score (nSPS) is 9.85. The number of carbonyl (C=O) groups excluding carboxylic acids is 1. The highest BCUT2D eigenvalue weighted by atomic mass is 32.1. The van der Waals surface area contributed by atoms with E-state index in [9.17, 15) is 4.79 Å². The summed E-state index contributed by atoms with van der Waals surface area (Å²) in [6, 6.07) is 12.1. The minimum atomic E-state index is -0.389. The lowest BCUT2D eigenvalue weighted by Crippen LogP contribution is -2.08. The summed E-state index contributed by atoms with van der Waals surface area (Å²) in [6.45, 7) is 9.84. The number of ether oxygens (including phenoxy) is 1. The molecule has 2 aromatic heterocycles. The quantitative estimate of drug-likeness (QED) is 0.550. The Kier molecular flexibility index (Phi) is 6.81. The Labute approximate surface area is 158 Å². The SMILES string of the molecule is C=CN(c1cccc(-c2ccsc2)c1)c1cc(C(=O)OC)[nH]c1C.CC. The van der Waals surface area contributed by atoms with E-state index in [-0.39, 0.29) is 5.97 Å². The van der Waals surface area contributed by atoms with Crippen molar-refractivity contribution in [3.05, 3.63) is 71.3 Å². The Hall–Kier alpha value is -2.79. The number of carbonyl (C=O) groups is 1. The van der Waals surface area contributed by atoms with Gasteiger partial charge in [-0.3, -0.25) is 0 Å². The summed E-state index contributed by atoms with van der Waals surface area (Å²) >= 11 is 1.67. The van der Waals surface area contributed by atoms with Crippen molar-refractivity contribution in [3.8, 4) is 11.1 Å². The molecule has 0 atom stereocenters. The fourth-order valence-electron chi connectivity index (χ4n) is 2.62. The number of esters is 1. The first-order valence-electron chi connectivity index (χ1n) is 8.46. The van der Waals surface area contributed by atoms with Crippen LogP contribution in [0, 0.1) is 6.92 Å². The lowest BCUT2D eigenvalue weighted by Gasteiger charge is -2.20. The number of thiophene rings is 1. The van der Waals surface area contributed by atoms with E-state index in [0.717, 1.165) is 22.6 Å². The van der Waals surface area contributed by atoms with Crippen molar-refractivity contribution in [3.63, 3.8) is 0 Å². The minimum Gasteiger partial charge on any atom is -0.464 e. The molecule has 2 heterocycles. The molecule has 1 N–H and O–H groups in total. The van der Waals surface area contributed by atoms with Crippen molar-refractivity contribution in [2.45, 2.75) is 20.8 Å². The van der Waals surface area contributed by atoms with Crippen LogP contribution >= 0.6 is 11.3 Å². The number of H-pyrrole nitrogens is 1. The summed E-state index contributed by atoms with van der Waals surface area (Å²) in [5.41, 5.74) is 5.47. The third kappa shape index (κ3) is 4.06. The lowest BCUT2D eigenvalue weighted by atomic mass is 10.1. The molecule has 0 fully saturated rings. The van der Waals surface area contributed by atoms with Crippen LogP contribution in [0.2, 0.25) is 0 Å². The van der Waals surface area contributed by atoms with Crippen molar-refractivity contribution < 1.29 is 9.53 Å². The maximum atomic E-state index is 11.7. The van der Waals surface area contributed by atoms with E-state index >= 15 is 0 Å². The van der Waals surface area contributed by atoms with Gasteiger partial charge in [-0.2, -0.15) is 11.3 Å². The number of aromatic nitrogens is 1. The highest BCUT2D eigenvalue weighted by Gasteiger charge is 2.16. The van der Waals surface area contributed by atoms with Crippen LogP contribution in [0.25, 0.3) is 11.1 Å². The molecule has 1 aromatic carbocycles. The molecule has 4 nitrogen and oxygen atoms in total. The van der Waals surface area contributed by atoms with E-state index in [1.807, 2.05) is 37.8 Å². The number of anilines is 2. The second-order valence-corrected chi connectivity index (χ2v) is 6.08. The predicted octanol–water partition coefficient (Wildman–Crippen LogP) is 6.15. The number of hydrogen-bond acceptors (Lipinski definition) is 4. The standard InChI is InChI=1S/C19H18N2O2S.C2H6/c1-4-21(18-11-17(19(22)23-3)20-13(18)2)16-7-5-6-14(10-16)15-8-9-24-12-15;1-2/h4-12,20H,1H2,2-3H3;1-2H3. The van der Waals surface area contributed by atoms with Gasteiger partial charge in [-0.05, 0) is 53.1 Å². The van der Waals surface area contributed by atoms with E-state index in [1.54, 1.807) is 23.6 Å². The van der Waals surface area contributed by atoms with Gasteiger partial charge in [0.1, 0.15) is 5.69 Å². The Morgan fingerprint density at radius 1 is 1.23 bits per heavy atom. The van der Waals surface area contributed by atoms with Crippen LogP contribution < -0.4 is 4.90 Å². The second-order valence-electron chi connectivity index (χ2n) is 5.30. The molecule has 0 aliphatic heterocycles. The number of nitrogens with one attached hydrogen (secondary N) is 1. The molecule has 0 radical (unpaired) electrons. The smallest absolute Gasteiger partial charge is 0.354 e. The molecule has 0 amide bonds. The van der Waals surface area contributed by atoms with Gasteiger partial charge in [0.25, 0.3) is 0 Å². The van der Waals surface area contributed by atoms with Crippen LogP contribution in [0.5, 0.6) is 0 Å². The summed E-state index contributed by atoms with van der Waals surface area (Å²) in [5, 5.41) is 4.18. The van der Waals surface area contributed by atoms with Gasteiger partial charge in [0.2, 0.25) is 0 Å². The van der Waals surface area contributed by atoms with Crippen LogP contribution in [0.4, 0.5) is 11.4 Å². The van der Waals surface area contributed by atoms with Crippen molar-refractivity contribution >= 4 is 28.7 Å². The molecule has 3 aromatic rings. The molecule has 0 spiro atoms. The summed E-state index contributed by atoms with van der Waals surface area (Å²) in [5.74, 6) is -0.389. The molecule has 5 heteroatoms. The van der Waals surface area contributed by atoms with E-state index in [0.29, 0.717) is 5.69 Å². The second kappa shape index (κ2) is 9.06. The van der Waals surface area contributed by atoms with Gasteiger partial charge in [0.05, 0.1) is 12.8 Å². The van der Waals surface area contributed by atoms with Crippen molar-refractivity contribution in [1.82, 2.24) is 4.98 Å². The Morgan fingerprint density at radius 3 is 2.62 bits per heavy atom. The molecule has 0 aliphatic carbocycles. The molecular formula is C21H24N2O2S. The zero-order valence-electron chi connectivity index (χ0n) is 15.6. The number of nitrogens with zero attached hydrogens (tertiary/aromatic N) is 1. The average molecular weight is 369 g/mol. The third-order valence-electron chi connectivity index (χ3n) is 3.81. The van der Waals surface area contributed by atoms with Gasteiger partial charge in [-0.1, -0.05) is 32.6 Å². The fourth-order valence-corrected chi connectivity index (χ4v) is 3.29. The lowest BCUT2D eigenvalue weighted by molar-refractivity contribution is 0.0594. The Bertz CT molecular complexity index is 866. The molecule has 0 saturated carbocycles. The van der Waals surface area contributed by atoms with Gasteiger partial charge in [-0.25, -0.2) is 4.79 Å². The summed E-state index contributed by atoms with van der Waals surface area (Å²) in [7, 11) is 1.37. The third-order valence-corrected chi connectivity index (χ3v) is 4.50. The summed E-state index contributed by atoms with van der Waals surface area (Å²) < 4.78 is 4.78. The molecule has 26 heavy (non-hydrogen) atoms. The number of aryl methyl sites for hydroxylation is 1. The van der Waals surface area contributed by atoms with Crippen LogP contribution in [-0.2, 0) is 4.74 Å². The van der Waals surface area contributed by atoms with Gasteiger partial charge in [-0.15, -0.1) is 0 Å². The molecule has 0 unspecified atom stereocenters.